The lowest BCUT2D eigenvalue weighted by Crippen LogP contribution is -2.48. The standard InChI is InChI=1S/C25H28Cl2N6O/c1-16(31-25(34)33(3)19-7-11-32(2)12-8-19)20-5-6-21(23(27)22(20)26)17-13-18(15-28-14-17)24-29-9-4-10-30-24/h4-6,9-10,13-16,19H,7-8,11-12H2,1-3H3,(H,31,34). The Balaban J connectivity index is 1.51. The number of likely N-dealkylation sites (tertiary alicyclic amines) is 1. The number of carbonyl (C=O) groups excluding carboxylic acids is 1. The Bertz CT molecular complexity index is 1150. The molecule has 1 aliphatic rings. The van der Waals surface area contributed by atoms with E-state index in [1.165, 1.54) is 0 Å². The number of halogens is 2. The van der Waals surface area contributed by atoms with Crippen LogP contribution in [0.1, 0.15) is 31.4 Å². The summed E-state index contributed by atoms with van der Waals surface area (Å²) in [7, 11) is 3.96. The molecule has 0 spiro atoms. The van der Waals surface area contributed by atoms with Crippen LogP contribution in [-0.2, 0) is 0 Å². The lowest BCUT2D eigenvalue weighted by Gasteiger charge is -2.35. The van der Waals surface area contributed by atoms with Crippen LogP contribution >= 0.6 is 23.2 Å². The van der Waals surface area contributed by atoms with Crippen molar-refractivity contribution in [2.75, 3.05) is 27.2 Å². The summed E-state index contributed by atoms with van der Waals surface area (Å²) in [5.41, 5.74) is 3.10. The Hall–Kier alpha value is -2.74. The molecular weight excluding hydrogens is 471 g/mol. The van der Waals surface area contributed by atoms with Crippen LogP contribution in [0.4, 0.5) is 4.79 Å². The number of hydrogen-bond donors (Lipinski definition) is 1. The van der Waals surface area contributed by atoms with E-state index < -0.39 is 0 Å². The Morgan fingerprint density at radius 1 is 1.12 bits per heavy atom. The molecule has 0 bridgehead atoms. The number of benzene rings is 1. The van der Waals surface area contributed by atoms with E-state index in [-0.39, 0.29) is 18.1 Å². The maximum Gasteiger partial charge on any atom is 0.317 e. The van der Waals surface area contributed by atoms with Crippen molar-refractivity contribution in [2.24, 2.45) is 0 Å². The SMILES string of the molecule is CC(NC(=O)N(C)C1CCN(C)CC1)c1ccc(-c2cncc(-c3ncccn3)c2)c(Cl)c1Cl. The first kappa shape index (κ1) is 24.4. The number of carbonyl (C=O) groups is 1. The van der Waals surface area contributed by atoms with Crippen LogP contribution in [0.15, 0.2) is 49.1 Å². The third-order valence-corrected chi connectivity index (χ3v) is 7.24. The van der Waals surface area contributed by atoms with E-state index in [0.29, 0.717) is 15.9 Å². The third-order valence-electron chi connectivity index (χ3n) is 6.35. The lowest BCUT2D eigenvalue weighted by atomic mass is 10.0. The molecule has 34 heavy (non-hydrogen) atoms. The van der Waals surface area contributed by atoms with Gasteiger partial charge < -0.3 is 15.1 Å². The predicted octanol–water partition coefficient (Wildman–Crippen LogP) is 5.31. The monoisotopic (exact) mass is 498 g/mol. The van der Waals surface area contributed by atoms with Gasteiger partial charge in [0.2, 0.25) is 0 Å². The molecule has 3 aromatic rings. The van der Waals surface area contributed by atoms with Gasteiger partial charge in [0.1, 0.15) is 0 Å². The highest BCUT2D eigenvalue weighted by atomic mass is 35.5. The van der Waals surface area contributed by atoms with Crippen molar-refractivity contribution in [2.45, 2.75) is 31.8 Å². The molecular formula is C25H28Cl2N6O. The molecule has 1 atom stereocenters. The van der Waals surface area contributed by atoms with E-state index in [0.717, 1.165) is 48.2 Å². The molecule has 178 valence electrons. The number of urea groups is 1. The minimum Gasteiger partial charge on any atom is -0.331 e. The lowest BCUT2D eigenvalue weighted by molar-refractivity contribution is 0.146. The Morgan fingerprint density at radius 3 is 2.50 bits per heavy atom. The number of hydrogen-bond acceptors (Lipinski definition) is 5. The molecule has 1 aromatic carbocycles. The number of rotatable bonds is 5. The van der Waals surface area contributed by atoms with Crippen LogP contribution < -0.4 is 5.32 Å². The van der Waals surface area contributed by atoms with Gasteiger partial charge in [-0.2, -0.15) is 0 Å². The molecule has 7 nitrogen and oxygen atoms in total. The highest BCUT2D eigenvalue weighted by Gasteiger charge is 2.26. The van der Waals surface area contributed by atoms with Crippen LogP contribution in [0, 0.1) is 0 Å². The summed E-state index contributed by atoms with van der Waals surface area (Å²) in [6.45, 7) is 3.90. The molecule has 1 N–H and O–H groups in total. The zero-order valence-electron chi connectivity index (χ0n) is 19.5. The normalized spacial score (nSPS) is 15.7. The summed E-state index contributed by atoms with van der Waals surface area (Å²) in [6, 6.07) is 7.32. The summed E-state index contributed by atoms with van der Waals surface area (Å²) in [5.74, 6) is 0.584. The first-order valence-corrected chi connectivity index (χ1v) is 12.0. The molecule has 1 unspecified atom stereocenters. The number of piperidine rings is 1. The second kappa shape index (κ2) is 10.7. The van der Waals surface area contributed by atoms with Gasteiger partial charge in [-0.25, -0.2) is 14.8 Å². The zero-order valence-corrected chi connectivity index (χ0v) is 21.0. The largest absolute Gasteiger partial charge is 0.331 e. The minimum absolute atomic E-state index is 0.113. The van der Waals surface area contributed by atoms with E-state index in [1.54, 1.807) is 35.8 Å². The quantitative estimate of drug-likeness (QED) is 0.515. The predicted molar refractivity (Wildman–Crippen MR) is 136 cm³/mol. The summed E-state index contributed by atoms with van der Waals surface area (Å²) in [4.78, 5) is 29.8. The second-order valence-electron chi connectivity index (χ2n) is 8.68. The van der Waals surface area contributed by atoms with Crippen molar-refractivity contribution in [1.29, 1.82) is 0 Å². The van der Waals surface area contributed by atoms with Crippen LogP contribution in [-0.4, -0.2) is 64.0 Å². The average molecular weight is 499 g/mol. The summed E-state index contributed by atoms with van der Waals surface area (Å²) in [6.07, 6.45) is 8.75. The third kappa shape index (κ3) is 5.32. The first-order chi connectivity index (χ1) is 16.3. The Labute approximate surface area is 210 Å². The molecule has 0 aliphatic carbocycles. The van der Waals surface area contributed by atoms with Crippen LogP contribution in [0.2, 0.25) is 10.0 Å². The van der Waals surface area contributed by atoms with Gasteiger partial charge in [-0.1, -0.05) is 35.3 Å². The number of aromatic nitrogens is 3. The van der Waals surface area contributed by atoms with E-state index in [9.17, 15) is 4.79 Å². The number of nitrogens with zero attached hydrogens (tertiary/aromatic N) is 5. The van der Waals surface area contributed by atoms with Gasteiger partial charge >= 0.3 is 6.03 Å². The molecule has 3 heterocycles. The van der Waals surface area contributed by atoms with Gasteiger partial charge in [0.05, 0.1) is 16.1 Å². The molecule has 9 heteroatoms. The number of amides is 2. The van der Waals surface area contributed by atoms with Gasteiger partial charge in [-0.3, -0.25) is 4.98 Å². The van der Waals surface area contributed by atoms with E-state index in [2.05, 4.69) is 32.2 Å². The van der Waals surface area contributed by atoms with Gasteiger partial charge in [0, 0.05) is 54.6 Å². The van der Waals surface area contributed by atoms with E-state index in [4.69, 9.17) is 23.2 Å². The van der Waals surface area contributed by atoms with Crippen molar-refractivity contribution in [3.05, 3.63) is 64.7 Å². The maximum atomic E-state index is 12.9. The topological polar surface area (TPSA) is 74.2 Å². The summed E-state index contributed by atoms with van der Waals surface area (Å²) >= 11 is 13.4. The van der Waals surface area contributed by atoms with Crippen molar-refractivity contribution < 1.29 is 4.79 Å². The van der Waals surface area contributed by atoms with Crippen molar-refractivity contribution in [3.8, 4) is 22.5 Å². The highest BCUT2D eigenvalue weighted by Crippen LogP contribution is 2.38. The molecule has 0 radical (unpaired) electrons. The fourth-order valence-electron chi connectivity index (χ4n) is 4.19. The van der Waals surface area contributed by atoms with Crippen molar-refractivity contribution in [1.82, 2.24) is 30.1 Å². The van der Waals surface area contributed by atoms with Crippen molar-refractivity contribution >= 4 is 29.2 Å². The number of pyridine rings is 1. The van der Waals surface area contributed by atoms with Gasteiger partial charge in [0.25, 0.3) is 0 Å². The number of nitrogens with one attached hydrogen (secondary N) is 1. The smallest absolute Gasteiger partial charge is 0.317 e. The Morgan fingerprint density at radius 2 is 1.79 bits per heavy atom. The fourth-order valence-corrected chi connectivity index (χ4v) is 4.80. The van der Waals surface area contributed by atoms with Gasteiger partial charge in [-0.05, 0) is 57.6 Å². The molecule has 1 fully saturated rings. The van der Waals surface area contributed by atoms with Crippen LogP contribution in [0.3, 0.4) is 0 Å². The van der Waals surface area contributed by atoms with Crippen LogP contribution in [0.25, 0.3) is 22.5 Å². The summed E-state index contributed by atoms with van der Waals surface area (Å²) < 4.78 is 0. The van der Waals surface area contributed by atoms with E-state index in [1.807, 2.05) is 32.2 Å². The fraction of sp³-hybridized carbons (Fsp3) is 0.360. The molecule has 1 saturated heterocycles. The second-order valence-corrected chi connectivity index (χ2v) is 9.44. The average Bonchev–Trinajstić information content (AvgIpc) is 2.86. The minimum atomic E-state index is -0.303. The summed E-state index contributed by atoms with van der Waals surface area (Å²) in [5, 5.41) is 3.89. The molecule has 0 saturated carbocycles. The molecule has 2 amide bonds. The van der Waals surface area contributed by atoms with E-state index >= 15 is 0 Å². The zero-order chi connectivity index (χ0) is 24.2. The molecule has 4 rings (SSSR count). The van der Waals surface area contributed by atoms with Gasteiger partial charge in [-0.15, -0.1) is 0 Å². The van der Waals surface area contributed by atoms with Crippen molar-refractivity contribution in [3.63, 3.8) is 0 Å². The molecule has 1 aliphatic heterocycles. The van der Waals surface area contributed by atoms with Crippen LogP contribution in [0.5, 0.6) is 0 Å². The first-order valence-electron chi connectivity index (χ1n) is 11.3. The Kier molecular flexibility index (Phi) is 7.66. The molecule has 2 aromatic heterocycles. The highest BCUT2D eigenvalue weighted by molar-refractivity contribution is 6.44. The maximum absolute atomic E-state index is 12.9. The van der Waals surface area contributed by atoms with Gasteiger partial charge in [0.15, 0.2) is 5.82 Å².